The molecule has 0 spiro atoms. The van der Waals surface area contributed by atoms with Crippen LogP contribution in [0.2, 0.25) is 0 Å². The molecule has 1 heterocycles. The first kappa shape index (κ1) is 9.82. The minimum absolute atomic E-state index is 0.814. The zero-order valence-corrected chi connectivity index (χ0v) is 8.17. The van der Waals surface area contributed by atoms with E-state index in [1.54, 1.807) is 0 Å². The third-order valence-electron chi connectivity index (χ3n) is 1.81. The highest BCUT2D eigenvalue weighted by atomic mass is 15.1. The number of nitrogens with one attached hydrogen (secondary N) is 1. The summed E-state index contributed by atoms with van der Waals surface area (Å²) < 4.78 is 2.01. The molecule has 13 heavy (non-hydrogen) atoms. The van der Waals surface area contributed by atoms with Gasteiger partial charge in [-0.3, -0.25) is 0 Å². The van der Waals surface area contributed by atoms with Crippen molar-refractivity contribution in [1.82, 2.24) is 14.9 Å². The van der Waals surface area contributed by atoms with Crippen molar-refractivity contribution in [2.75, 3.05) is 6.54 Å². The van der Waals surface area contributed by atoms with Gasteiger partial charge in [-0.05, 0) is 6.92 Å². The van der Waals surface area contributed by atoms with Crippen LogP contribution >= 0.6 is 0 Å². The number of aryl methyl sites for hydroxylation is 1. The van der Waals surface area contributed by atoms with Gasteiger partial charge in [0.25, 0.3) is 0 Å². The van der Waals surface area contributed by atoms with Gasteiger partial charge in [-0.25, -0.2) is 4.98 Å². The Morgan fingerprint density at radius 1 is 1.62 bits per heavy atom. The van der Waals surface area contributed by atoms with Gasteiger partial charge >= 0.3 is 0 Å². The number of imidazole rings is 1. The van der Waals surface area contributed by atoms with Crippen LogP contribution in [0.4, 0.5) is 0 Å². The zero-order valence-electron chi connectivity index (χ0n) is 8.17. The van der Waals surface area contributed by atoms with Gasteiger partial charge in [-0.2, -0.15) is 0 Å². The molecule has 0 aliphatic heterocycles. The molecule has 1 N–H and O–H groups in total. The summed E-state index contributed by atoms with van der Waals surface area (Å²) in [6, 6.07) is 0. The summed E-state index contributed by atoms with van der Waals surface area (Å²) in [6.45, 7) is 3.60. The average Bonchev–Trinajstić information content (AvgIpc) is 2.52. The van der Waals surface area contributed by atoms with Crippen LogP contribution in [0.15, 0.2) is 12.4 Å². The van der Waals surface area contributed by atoms with E-state index in [-0.39, 0.29) is 0 Å². The van der Waals surface area contributed by atoms with Crippen molar-refractivity contribution in [1.29, 1.82) is 0 Å². The summed E-state index contributed by atoms with van der Waals surface area (Å²) in [5.41, 5.74) is 0. The fraction of sp³-hybridized carbons (Fsp3) is 0.500. The van der Waals surface area contributed by atoms with Crippen LogP contribution in [0.3, 0.4) is 0 Å². The highest BCUT2D eigenvalue weighted by molar-refractivity contribution is 4.95. The third-order valence-corrected chi connectivity index (χ3v) is 1.81. The minimum atomic E-state index is 0.814. The Kier molecular flexibility index (Phi) is 4.07. The number of aromatic nitrogens is 2. The van der Waals surface area contributed by atoms with Gasteiger partial charge in [0, 0.05) is 32.4 Å². The number of hydrogen-bond donors (Lipinski definition) is 1. The minimum Gasteiger partial charge on any atom is -0.337 e. The molecule has 0 unspecified atom stereocenters. The van der Waals surface area contributed by atoms with Crippen LogP contribution in [0.1, 0.15) is 19.2 Å². The standard InChI is InChI=1S/C10H15N3/c1-3-4-5-6-11-9-10-12-7-8-13(10)2/h7-8,11H,5-6,9H2,1-2H3. The molecular weight excluding hydrogens is 162 g/mol. The molecule has 0 atom stereocenters. The van der Waals surface area contributed by atoms with Crippen molar-refractivity contribution in [3.8, 4) is 11.8 Å². The summed E-state index contributed by atoms with van der Waals surface area (Å²) in [6.07, 6.45) is 4.66. The van der Waals surface area contributed by atoms with Crippen LogP contribution in [-0.2, 0) is 13.6 Å². The van der Waals surface area contributed by atoms with Crippen molar-refractivity contribution in [3.05, 3.63) is 18.2 Å². The molecule has 1 aromatic rings. The van der Waals surface area contributed by atoms with Gasteiger partial charge < -0.3 is 9.88 Å². The van der Waals surface area contributed by atoms with Gasteiger partial charge in [-0.15, -0.1) is 11.8 Å². The van der Waals surface area contributed by atoms with Crippen LogP contribution in [0.5, 0.6) is 0 Å². The number of rotatable bonds is 4. The molecule has 0 aliphatic rings. The molecule has 0 radical (unpaired) electrons. The molecule has 0 fully saturated rings. The van der Waals surface area contributed by atoms with E-state index in [9.17, 15) is 0 Å². The molecule has 1 aromatic heterocycles. The van der Waals surface area contributed by atoms with Crippen molar-refractivity contribution >= 4 is 0 Å². The predicted molar refractivity (Wildman–Crippen MR) is 53.0 cm³/mol. The molecule has 0 aliphatic carbocycles. The van der Waals surface area contributed by atoms with Crippen molar-refractivity contribution < 1.29 is 0 Å². The van der Waals surface area contributed by atoms with E-state index in [2.05, 4.69) is 22.1 Å². The molecule has 0 saturated heterocycles. The maximum atomic E-state index is 4.20. The Morgan fingerprint density at radius 3 is 3.08 bits per heavy atom. The van der Waals surface area contributed by atoms with Crippen LogP contribution in [-0.4, -0.2) is 16.1 Å². The van der Waals surface area contributed by atoms with Gasteiger partial charge in [0.1, 0.15) is 5.82 Å². The SMILES string of the molecule is CC#CCCNCc1nccn1C. The van der Waals surface area contributed by atoms with Gasteiger partial charge in [0.05, 0.1) is 6.54 Å². The van der Waals surface area contributed by atoms with Crippen LogP contribution in [0, 0.1) is 11.8 Å². The van der Waals surface area contributed by atoms with Crippen molar-refractivity contribution in [2.45, 2.75) is 19.9 Å². The molecule has 3 nitrogen and oxygen atoms in total. The van der Waals surface area contributed by atoms with E-state index in [0.29, 0.717) is 0 Å². The molecule has 0 bridgehead atoms. The van der Waals surface area contributed by atoms with E-state index >= 15 is 0 Å². The van der Waals surface area contributed by atoms with E-state index in [1.807, 2.05) is 30.9 Å². The highest BCUT2D eigenvalue weighted by Crippen LogP contribution is 1.92. The lowest BCUT2D eigenvalue weighted by molar-refractivity contribution is 0.646. The van der Waals surface area contributed by atoms with Crippen LogP contribution in [0.25, 0.3) is 0 Å². The molecule has 0 amide bonds. The van der Waals surface area contributed by atoms with Crippen molar-refractivity contribution in [2.24, 2.45) is 7.05 Å². The van der Waals surface area contributed by atoms with E-state index in [1.165, 1.54) is 0 Å². The number of nitrogens with zero attached hydrogens (tertiary/aromatic N) is 2. The molecule has 0 aromatic carbocycles. The third kappa shape index (κ3) is 3.30. The first-order chi connectivity index (χ1) is 6.34. The Morgan fingerprint density at radius 2 is 2.46 bits per heavy atom. The maximum absolute atomic E-state index is 4.20. The monoisotopic (exact) mass is 177 g/mol. The lowest BCUT2D eigenvalue weighted by Crippen LogP contribution is -2.16. The predicted octanol–water partition coefficient (Wildman–Crippen LogP) is 0.923. The lowest BCUT2D eigenvalue weighted by Gasteiger charge is -2.01. The van der Waals surface area contributed by atoms with E-state index in [0.717, 1.165) is 25.3 Å². The summed E-state index contributed by atoms with van der Waals surface area (Å²) >= 11 is 0. The zero-order chi connectivity index (χ0) is 9.52. The molecule has 0 saturated carbocycles. The quantitative estimate of drug-likeness (QED) is 0.547. The fourth-order valence-electron chi connectivity index (χ4n) is 1.04. The topological polar surface area (TPSA) is 29.9 Å². The Hall–Kier alpha value is -1.27. The Labute approximate surface area is 79.2 Å². The Balaban J connectivity index is 2.19. The summed E-state index contributed by atoms with van der Waals surface area (Å²) in [7, 11) is 2.00. The first-order valence-corrected chi connectivity index (χ1v) is 4.41. The highest BCUT2D eigenvalue weighted by Gasteiger charge is 1.95. The number of hydrogen-bond acceptors (Lipinski definition) is 2. The largest absolute Gasteiger partial charge is 0.337 e. The van der Waals surface area contributed by atoms with Crippen molar-refractivity contribution in [3.63, 3.8) is 0 Å². The smallest absolute Gasteiger partial charge is 0.122 e. The first-order valence-electron chi connectivity index (χ1n) is 4.41. The summed E-state index contributed by atoms with van der Waals surface area (Å²) in [4.78, 5) is 4.20. The molecule has 3 heteroatoms. The summed E-state index contributed by atoms with van der Waals surface area (Å²) in [5.74, 6) is 6.92. The second-order valence-electron chi connectivity index (χ2n) is 2.81. The van der Waals surface area contributed by atoms with Gasteiger partial charge in [0.15, 0.2) is 0 Å². The fourth-order valence-corrected chi connectivity index (χ4v) is 1.04. The van der Waals surface area contributed by atoms with E-state index < -0.39 is 0 Å². The van der Waals surface area contributed by atoms with E-state index in [4.69, 9.17) is 0 Å². The second kappa shape index (κ2) is 5.39. The van der Waals surface area contributed by atoms with Gasteiger partial charge in [-0.1, -0.05) is 0 Å². The van der Waals surface area contributed by atoms with Crippen LogP contribution < -0.4 is 5.32 Å². The molecular formula is C10H15N3. The molecule has 1 rings (SSSR count). The molecule has 70 valence electrons. The normalized spacial score (nSPS) is 9.38. The summed E-state index contributed by atoms with van der Waals surface area (Å²) in [5, 5.41) is 3.28. The van der Waals surface area contributed by atoms with Gasteiger partial charge in [0.2, 0.25) is 0 Å². The maximum Gasteiger partial charge on any atom is 0.122 e. The second-order valence-corrected chi connectivity index (χ2v) is 2.81. The lowest BCUT2D eigenvalue weighted by atomic mass is 10.4. The average molecular weight is 177 g/mol. The Bertz CT molecular complexity index is 303.